The van der Waals surface area contributed by atoms with Gasteiger partial charge in [-0.2, -0.15) is 0 Å². The molecule has 0 saturated carbocycles. The molecule has 0 saturated heterocycles. The Labute approximate surface area is 102 Å². The average Bonchev–Trinajstić information content (AvgIpc) is 2.60. The maximum Gasteiger partial charge on any atom is 0.253 e. The first-order valence-electron chi connectivity index (χ1n) is 4.89. The van der Waals surface area contributed by atoms with Gasteiger partial charge in [-0.05, 0) is 28.9 Å². The molecule has 0 radical (unpaired) electrons. The SMILES string of the molecule is Cc1cc(Br)cn(Cc2cncn2C)c1=O. The van der Waals surface area contributed by atoms with Crippen LogP contribution in [0.1, 0.15) is 11.3 Å². The van der Waals surface area contributed by atoms with Gasteiger partial charge in [0.05, 0.1) is 18.6 Å². The van der Waals surface area contributed by atoms with E-state index in [1.54, 1.807) is 23.3 Å². The number of imidazole rings is 1. The van der Waals surface area contributed by atoms with Crippen LogP contribution in [0.3, 0.4) is 0 Å². The molecule has 0 atom stereocenters. The van der Waals surface area contributed by atoms with E-state index in [4.69, 9.17) is 0 Å². The van der Waals surface area contributed by atoms with Crippen LogP contribution in [0.5, 0.6) is 0 Å². The number of rotatable bonds is 2. The highest BCUT2D eigenvalue weighted by Gasteiger charge is 2.04. The Balaban J connectivity index is 2.43. The molecule has 2 aromatic rings. The van der Waals surface area contributed by atoms with Crippen molar-refractivity contribution >= 4 is 15.9 Å². The molecule has 0 amide bonds. The van der Waals surface area contributed by atoms with Crippen LogP contribution in [0, 0.1) is 6.92 Å². The fourth-order valence-electron chi connectivity index (χ4n) is 1.57. The summed E-state index contributed by atoms with van der Waals surface area (Å²) in [5, 5.41) is 0. The Morgan fingerprint density at radius 2 is 2.25 bits per heavy atom. The van der Waals surface area contributed by atoms with E-state index in [9.17, 15) is 4.79 Å². The largest absolute Gasteiger partial charge is 0.336 e. The van der Waals surface area contributed by atoms with Crippen molar-refractivity contribution in [2.45, 2.75) is 13.5 Å². The molecule has 5 heteroatoms. The van der Waals surface area contributed by atoms with Gasteiger partial charge in [-0.25, -0.2) is 4.98 Å². The molecule has 0 aliphatic carbocycles. The molecule has 0 unspecified atom stereocenters. The first-order chi connectivity index (χ1) is 7.58. The summed E-state index contributed by atoms with van der Waals surface area (Å²) < 4.78 is 4.49. The molecule has 2 heterocycles. The van der Waals surface area contributed by atoms with Gasteiger partial charge in [0, 0.05) is 29.5 Å². The summed E-state index contributed by atoms with van der Waals surface area (Å²) in [6, 6.07) is 1.82. The second-order valence-corrected chi connectivity index (χ2v) is 4.69. The van der Waals surface area contributed by atoms with E-state index in [2.05, 4.69) is 20.9 Å². The Kier molecular flexibility index (Phi) is 2.96. The van der Waals surface area contributed by atoms with Gasteiger partial charge >= 0.3 is 0 Å². The monoisotopic (exact) mass is 281 g/mol. The Morgan fingerprint density at radius 1 is 1.50 bits per heavy atom. The molecule has 0 fully saturated rings. The average molecular weight is 282 g/mol. The summed E-state index contributed by atoms with van der Waals surface area (Å²) in [5.74, 6) is 0. The third-order valence-electron chi connectivity index (χ3n) is 2.48. The van der Waals surface area contributed by atoms with Crippen molar-refractivity contribution in [2.75, 3.05) is 0 Å². The molecule has 0 spiro atoms. The smallest absolute Gasteiger partial charge is 0.253 e. The molecule has 16 heavy (non-hydrogen) atoms. The number of hydrogen-bond acceptors (Lipinski definition) is 2. The molecule has 2 aromatic heterocycles. The van der Waals surface area contributed by atoms with Gasteiger partial charge in [-0.3, -0.25) is 4.79 Å². The van der Waals surface area contributed by atoms with Crippen LogP contribution < -0.4 is 5.56 Å². The summed E-state index contributed by atoms with van der Waals surface area (Å²) in [6.07, 6.45) is 5.29. The van der Waals surface area contributed by atoms with Gasteiger partial charge in [0.15, 0.2) is 0 Å². The maximum absolute atomic E-state index is 11.9. The van der Waals surface area contributed by atoms with Gasteiger partial charge < -0.3 is 9.13 Å². The van der Waals surface area contributed by atoms with E-state index in [-0.39, 0.29) is 5.56 Å². The van der Waals surface area contributed by atoms with E-state index in [1.165, 1.54) is 0 Å². The normalized spacial score (nSPS) is 10.7. The molecular formula is C11H12BrN3O. The zero-order valence-corrected chi connectivity index (χ0v) is 10.7. The zero-order valence-electron chi connectivity index (χ0n) is 9.14. The predicted octanol–water partition coefficient (Wildman–Crippen LogP) is 1.70. The van der Waals surface area contributed by atoms with E-state index in [1.807, 2.05) is 24.6 Å². The van der Waals surface area contributed by atoms with Crippen LogP contribution in [0.25, 0.3) is 0 Å². The maximum atomic E-state index is 11.9. The minimum Gasteiger partial charge on any atom is -0.336 e. The lowest BCUT2D eigenvalue weighted by atomic mass is 10.3. The van der Waals surface area contributed by atoms with Crippen molar-refractivity contribution in [2.24, 2.45) is 7.05 Å². The third kappa shape index (κ3) is 2.09. The highest BCUT2D eigenvalue weighted by atomic mass is 79.9. The van der Waals surface area contributed by atoms with Crippen molar-refractivity contribution in [1.82, 2.24) is 14.1 Å². The number of hydrogen-bond donors (Lipinski definition) is 0. The number of halogens is 1. The van der Waals surface area contributed by atoms with Crippen molar-refractivity contribution in [3.63, 3.8) is 0 Å². The number of nitrogens with zero attached hydrogens (tertiary/aromatic N) is 3. The van der Waals surface area contributed by atoms with Crippen molar-refractivity contribution in [3.8, 4) is 0 Å². The second kappa shape index (κ2) is 4.25. The van der Waals surface area contributed by atoms with E-state index < -0.39 is 0 Å². The highest BCUT2D eigenvalue weighted by molar-refractivity contribution is 9.10. The Morgan fingerprint density at radius 3 is 2.88 bits per heavy atom. The molecule has 4 nitrogen and oxygen atoms in total. The van der Waals surface area contributed by atoms with Crippen LogP contribution in [-0.2, 0) is 13.6 Å². The Hall–Kier alpha value is -1.36. The molecule has 2 rings (SSSR count). The van der Waals surface area contributed by atoms with Crippen LogP contribution in [0.15, 0.2) is 34.1 Å². The fraction of sp³-hybridized carbons (Fsp3) is 0.273. The van der Waals surface area contributed by atoms with E-state index >= 15 is 0 Å². The molecule has 0 bridgehead atoms. The minimum atomic E-state index is 0.0319. The van der Waals surface area contributed by atoms with E-state index in [0.717, 1.165) is 15.7 Å². The van der Waals surface area contributed by atoms with Crippen LogP contribution in [0.2, 0.25) is 0 Å². The number of aryl methyl sites for hydroxylation is 2. The third-order valence-corrected chi connectivity index (χ3v) is 2.91. The summed E-state index contributed by atoms with van der Waals surface area (Å²) in [4.78, 5) is 15.9. The second-order valence-electron chi connectivity index (χ2n) is 3.77. The van der Waals surface area contributed by atoms with E-state index in [0.29, 0.717) is 6.54 Å². The molecule has 0 aliphatic heterocycles. The predicted molar refractivity (Wildman–Crippen MR) is 65.4 cm³/mol. The summed E-state index contributed by atoms with van der Waals surface area (Å²) >= 11 is 3.39. The van der Waals surface area contributed by atoms with Crippen LogP contribution >= 0.6 is 15.9 Å². The van der Waals surface area contributed by atoms with Crippen LogP contribution in [-0.4, -0.2) is 14.1 Å². The standard InChI is InChI=1S/C11H12BrN3O/c1-8-3-9(12)5-15(11(8)16)6-10-4-13-7-14(10)2/h3-5,7H,6H2,1-2H3. The quantitative estimate of drug-likeness (QED) is 0.841. The topological polar surface area (TPSA) is 39.8 Å². The lowest BCUT2D eigenvalue weighted by Gasteiger charge is -2.07. The van der Waals surface area contributed by atoms with Crippen molar-refractivity contribution in [1.29, 1.82) is 0 Å². The summed E-state index contributed by atoms with van der Waals surface area (Å²) in [5.41, 5.74) is 1.76. The first-order valence-corrected chi connectivity index (χ1v) is 5.69. The van der Waals surface area contributed by atoms with Gasteiger partial charge in [-0.15, -0.1) is 0 Å². The van der Waals surface area contributed by atoms with Crippen molar-refractivity contribution in [3.05, 3.63) is 50.9 Å². The van der Waals surface area contributed by atoms with Gasteiger partial charge in [0.25, 0.3) is 5.56 Å². The zero-order chi connectivity index (χ0) is 11.7. The lowest BCUT2D eigenvalue weighted by Crippen LogP contribution is -2.23. The fourth-order valence-corrected chi connectivity index (χ4v) is 2.16. The molecule has 0 aromatic carbocycles. The highest BCUT2D eigenvalue weighted by Crippen LogP contribution is 2.09. The lowest BCUT2D eigenvalue weighted by molar-refractivity contribution is 0.694. The molecule has 0 aliphatic rings. The molecule has 0 N–H and O–H groups in total. The van der Waals surface area contributed by atoms with Gasteiger partial charge in [0.2, 0.25) is 0 Å². The van der Waals surface area contributed by atoms with Crippen molar-refractivity contribution < 1.29 is 0 Å². The van der Waals surface area contributed by atoms with Gasteiger partial charge in [0.1, 0.15) is 0 Å². The summed E-state index contributed by atoms with van der Waals surface area (Å²) in [7, 11) is 1.91. The number of aromatic nitrogens is 3. The minimum absolute atomic E-state index is 0.0319. The molecular weight excluding hydrogens is 270 g/mol. The first kappa shape index (κ1) is 11.1. The summed E-state index contributed by atoms with van der Waals surface area (Å²) in [6.45, 7) is 2.35. The van der Waals surface area contributed by atoms with Gasteiger partial charge in [-0.1, -0.05) is 0 Å². The molecule has 84 valence electrons. The van der Waals surface area contributed by atoms with Crippen LogP contribution in [0.4, 0.5) is 0 Å². The Bertz CT molecular complexity index is 571. The number of pyridine rings is 1.